The molecule has 0 radical (unpaired) electrons. The first-order valence-electron chi connectivity index (χ1n) is 40.3. The predicted octanol–water partition coefficient (Wildman–Crippen LogP) is 16.2. The number of aromatic nitrogens is 8. The molecule has 5 fully saturated rings. The molecule has 27 heteroatoms. The molecule has 7 unspecified atom stereocenters. The fraction of sp³-hybridized carbons (Fsp3) is 0.308. The molecule has 0 saturated carbocycles. The summed E-state index contributed by atoms with van der Waals surface area (Å²) in [5, 5.41) is 10.4. The summed E-state index contributed by atoms with van der Waals surface area (Å²) in [6.45, 7) is 2.76. The van der Waals surface area contributed by atoms with Crippen molar-refractivity contribution in [2.75, 3.05) is 60.7 Å². The molecule has 7 amide bonds. The van der Waals surface area contributed by atoms with Gasteiger partial charge in [0.15, 0.2) is 6.04 Å². The summed E-state index contributed by atoms with van der Waals surface area (Å²) < 4.78 is 20.8. The summed E-state index contributed by atoms with van der Waals surface area (Å²) in [6.07, 6.45) is 11.1. The number of alkyl carbamates (subject to hydrolysis) is 2. The Hall–Kier alpha value is -13.4. The Morgan fingerprint density at radius 1 is 0.407 bits per heavy atom. The van der Waals surface area contributed by atoms with Crippen LogP contribution in [-0.4, -0.2) is 173 Å². The SMILES string of the molecule is COC(=O)NC(C(=O)N1CCCC1c1ncc(-c2ccc(-c3ccc4cc(-c5cnc(C6CCCN6C(=O)ON(C(=O)OC)C(CC6CCOCC6)C(=O)N6CCCC6c6ncc(-c7ccc8cc(-c9ccc(-c%10cnc(C%11CCCN%11C(=O)C(NC(=O)OC)c%11ccccc%11)[nH]%10)cc9)ccc8c7)[nH]6)[nH]5)ccc4c3)cc2)[nH]1)c1ccccc1. The van der Waals surface area contributed by atoms with Gasteiger partial charge in [-0.25, -0.2) is 39.1 Å². The normalized spacial score (nSPS) is 18.3. The molecular formula is C91H91N15O12. The van der Waals surface area contributed by atoms with E-state index >= 15 is 4.79 Å². The average Bonchev–Trinajstić information content (AvgIpc) is 1.45. The average molecular weight is 1590 g/mol. The first kappa shape index (κ1) is 77.2. The maximum Gasteiger partial charge on any atom is 0.443 e. The fourth-order valence-electron chi connectivity index (χ4n) is 17.5. The smallest absolute Gasteiger partial charge is 0.443 e. The molecule has 9 heterocycles. The molecule has 0 aliphatic carbocycles. The van der Waals surface area contributed by atoms with Crippen molar-refractivity contribution in [3.63, 3.8) is 0 Å². The van der Waals surface area contributed by atoms with Crippen LogP contribution >= 0.6 is 0 Å². The molecule has 12 aromatic rings. The number of rotatable bonds is 20. The number of H-pyrrole nitrogens is 4. The third-order valence-corrected chi connectivity index (χ3v) is 23.8. The lowest BCUT2D eigenvalue weighted by Gasteiger charge is -2.36. The van der Waals surface area contributed by atoms with Gasteiger partial charge < -0.3 is 69.1 Å². The molecule has 602 valence electrons. The minimum atomic E-state index is -1.23. The molecule has 0 bridgehead atoms. The van der Waals surface area contributed by atoms with E-state index in [1.54, 1.807) is 44.4 Å². The molecule has 5 aliphatic heterocycles. The van der Waals surface area contributed by atoms with Crippen molar-refractivity contribution in [3.05, 3.63) is 241 Å². The van der Waals surface area contributed by atoms with E-state index in [9.17, 15) is 28.8 Å². The maximum absolute atomic E-state index is 15.5. The number of hydrogen-bond donors (Lipinski definition) is 6. The summed E-state index contributed by atoms with van der Waals surface area (Å²) in [4.78, 5) is 144. The third kappa shape index (κ3) is 16.1. The van der Waals surface area contributed by atoms with Gasteiger partial charge in [0, 0.05) is 50.5 Å². The van der Waals surface area contributed by atoms with Crippen LogP contribution in [0.2, 0.25) is 0 Å². The van der Waals surface area contributed by atoms with Crippen LogP contribution in [0.3, 0.4) is 0 Å². The fourth-order valence-corrected chi connectivity index (χ4v) is 17.5. The first-order valence-corrected chi connectivity index (χ1v) is 40.3. The first-order chi connectivity index (χ1) is 57.7. The topological polar surface area (TPSA) is 321 Å². The van der Waals surface area contributed by atoms with Crippen LogP contribution in [0.5, 0.6) is 0 Å². The van der Waals surface area contributed by atoms with Crippen molar-refractivity contribution in [1.29, 1.82) is 0 Å². The van der Waals surface area contributed by atoms with E-state index in [0.29, 0.717) is 112 Å². The monoisotopic (exact) mass is 1590 g/mol. The van der Waals surface area contributed by atoms with E-state index < -0.39 is 54.6 Å². The molecule has 6 N–H and O–H groups in total. The van der Waals surface area contributed by atoms with Gasteiger partial charge in [0.1, 0.15) is 35.4 Å². The van der Waals surface area contributed by atoms with E-state index in [1.807, 2.05) is 66.7 Å². The van der Waals surface area contributed by atoms with Gasteiger partial charge in [0.25, 0.3) is 11.8 Å². The van der Waals surface area contributed by atoms with Gasteiger partial charge >= 0.3 is 24.4 Å². The number of likely N-dealkylation sites (tertiary alicyclic amines) is 4. The molecule has 27 nitrogen and oxygen atoms in total. The Labute approximate surface area is 680 Å². The number of benzene rings is 8. The van der Waals surface area contributed by atoms with Gasteiger partial charge in [-0.15, -0.1) is 5.06 Å². The molecule has 8 aromatic carbocycles. The van der Waals surface area contributed by atoms with Crippen LogP contribution in [0, 0.1) is 5.92 Å². The zero-order valence-electron chi connectivity index (χ0n) is 65.7. The lowest BCUT2D eigenvalue weighted by Crippen LogP contribution is -2.53. The van der Waals surface area contributed by atoms with Crippen LogP contribution in [-0.2, 0) is 38.2 Å². The summed E-state index contributed by atoms with van der Waals surface area (Å²) in [6, 6.07) is 55.4. The van der Waals surface area contributed by atoms with Crippen molar-refractivity contribution < 1.29 is 57.3 Å². The van der Waals surface area contributed by atoms with Gasteiger partial charge in [-0.3, -0.25) is 19.3 Å². The molecule has 17 rings (SSSR count). The van der Waals surface area contributed by atoms with Gasteiger partial charge in [-0.2, -0.15) is 0 Å². The number of carbonyl (C=O) groups is 7. The molecule has 4 aromatic heterocycles. The minimum absolute atomic E-state index is 0.0214. The van der Waals surface area contributed by atoms with Crippen LogP contribution in [0.25, 0.3) is 88.8 Å². The highest BCUT2D eigenvalue weighted by Crippen LogP contribution is 2.42. The van der Waals surface area contributed by atoms with Crippen LogP contribution < -0.4 is 10.6 Å². The molecule has 7 atom stereocenters. The van der Waals surface area contributed by atoms with E-state index in [0.717, 1.165) is 120 Å². The summed E-state index contributed by atoms with van der Waals surface area (Å²) >= 11 is 0. The van der Waals surface area contributed by atoms with E-state index in [4.69, 9.17) is 43.7 Å². The van der Waals surface area contributed by atoms with Gasteiger partial charge in [-0.1, -0.05) is 158 Å². The van der Waals surface area contributed by atoms with Crippen molar-refractivity contribution in [1.82, 2.24) is 75.2 Å². The highest BCUT2D eigenvalue weighted by atomic mass is 16.8. The van der Waals surface area contributed by atoms with Gasteiger partial charge in [-0.05, 0) is 167 Å². The number of nitrogens with one attached hydrogen (secondary N) is 6. The van der Waals surface area contributed by atoms with Crippen LogP contribution in [0.4, 0.5) is 19.2 Å². The zero-order valence-corrected chi connectivity index (χ0v) is 65.7. The number of amides is 7. The molecule has 0 spiro atoms. The van der Waals surface area contributed by atoms with Crippen molar-refractivity contribution in [2.45, 2.75) is 113 Å². The number of fused-ring (bicyclic) bond motifs is 2. The second-order valence-electron chi connectivity index (χ2n) is 30.8. The van der Waals surface area contributed by atoms with Crippen molar-refractivity contribution >= 4 is 63.6 Å². The summed E-state index contributed by atoms with van der Waals surface area (Å²) in [7, 11) is 3.77. The summed E-state index contributed by atoms with van der Waals surface area (Å²) in [5.41, 5.74) is 12.3. The second-order valence-corrected chi connectivity index (χ2v) is 30.8. The number of aromatic amines is 4. The van der Waals surface area contributed by atoms with Crippen LogP contribution in [0.15, 0.2) is 207 Å². The van der Waals surface area contributed by atoms with E-state index in [1.165, 1.54) is 21.3 Å². The Morgan fingerprint density at radius 2 is 0.746 bits per heavy atom. The second kappa shape index (κ2) is 34.2. The number of nitrogens with zero attached hydrogens (tertiary/aromatic N) is 9. The Morgan fingerprint density at radius 3 is 1.14 bits per heavy atom. The third-order valence-electron chi connectivity index (χ3n) is 23.8. The molecule has 5 saturated heterocycles. The number of ether oxygens (including phenoxy) is 4. The lowest BCUT2D eigenvalue weighted by atomic mass is 9.91. The molecule has 118 heavy (non-hydrogen) atoms. The van der Waals surface area contributed by atoms with E-state index in [-0.39, 0.29) is 42.1 Å². The number of hydroxylamine groups is 2. The van der Waals surface area contributed by atoms with Crippen molar-refractivity contribution in [3.8, 4) is 67.3 Å². The highest BCUT2D eigenvalue weighted by Gasteiger charge is 2.46. The number of imidazole rings is 4. The highest BCUT2D eigenvalue weighted by molar-refractivity contribution is 5.94. The Kier molecular flexibility index (Phi) is 22.3. The molecular weight excluding hydrogens is 1500 g/mol. The maximum atomic E-state index is 15.5. The van der Waals surface area contributed by atoms with Gasteiger partial charge in [0.05, 0.1) is 93.1 Å². The summed E-state index contributed by atoms with van der Waals surface area (Å²) in [5.74, 6) is 1.65. The minimum Gasteiger partial charge on any atom is -0.453 e. The molecule has 5 aliphatic rings. The van der Waals surface area contributed by atoms with Crippen LogP contribution in [0.1, 0.15) is 141 Å². The number of carbonyl (C=O) groups excluding carboxylic acids is 7. The Bertz CT molecular complexity index is 5670. The standard InChI is InChI=1S/C91H91N15O12/c1-114-88(110)100-79(60-14-6-4-7-15-60)86(108)103-41-11-19-75(103)82-92-51-70(96-82)58-26-22-56(23-27-58)62-30-32-66-49-68(36-34-64(66)47-62)72-53-94-81(98-72)74-18-10-40-102(74)85(107)78(46-55-38-44-117-45-39-55)106(91(113)116-3)118-90(112)105-43-13-21-77(105)84-95-54-73(99-84)69-37-35-65-48-63(31-33-67(65)50-69)57-24-28-59(29-25-57)71-52-93-83(97-71)76-20-12-42-104(76)87(109)80(101-89(111)115-2)61-16-8-5-9-17-61/h4-9,14-17,22-37,47-55,74-80H,10-13,18-21,38-46H2,1-3H3,(H,92,96)(H,93,97)(H,94,98)(H,95,99)(H,100,110)(H,101,111). The number of hydrogen-bond acceptors (Lipinski definition) is 16. The quantitative estimate of drug-likeness (QED) is 0.0305. The zero-order chi connectivity index (χ0) is 80.9. The van der Waals surface area contributed by atoms with Crippen molar-refractivity contribution in [2.24, 2.45) is 5.92 Å². The number of methoxy groups -OCH3 is 3. The largest absolute Gasteiger partial charge is 0.453 e. The lowest BCUT2D eigenvalue weighted by molar-refractivity contribution is -0.161. The predicted molar refractivity (Wildman–Crippen MR) is 441 cm³/mol. The van der Waals surface area contributed by atoms with E-state index in [2.05, 4.69) is 146 Å². The van der Waals surface area contributed by atoms with Gasteiger partial charge in [0.2, 0.25) is 5.91 Å². The Balaban J connectivity index is 0.533.